The average Bonchev–Trinajstić information content (AvgIpc) is 2.88. The maximum absolute atomic E-state index is 11.7. The highest BCUT2D eigenvalue weighted by molar-refractivity contribution is 8.00. The molecule has 0 bridgehead atoms. The van der Waals surface area contributed by atoms with Crippen molar-refractivity contribution in [3.63, 3.8) is 0 Å². The third-order valence-electron chi connectivity index (χ3n) is 3.39. The number of hydrogen-bond donors (Lipinski definition) is 2. The van der Waals surface area contributed by atoms with Crippen molar-refractivity contribution in [3.05, 3.63) is 33.4 Å². The van der Waals surface area contributed by atoms with E-state index in [-0.39, 0.29) is 5.70 Å². The van der Waals surface area contributed by atoms with Gasteiger partial charge in [0, 0.05) is 10.6 Å². The first-order valence-electron chi connectivity index (χ1n) is 6.18. The number of aliphatic hydroxyl groups excluding tert-OH is 1. The van der Waals surface area contributed by atoms with Crippen LogP contribution in [0.1, 0.15) is 10.6 Å². The van der Waals surface area contributed by atoms with Gasteiger partial charge in [-0.25, -0.2) is 9.78 Å². The lowest BCUT2D eigenvalue weighted by Crippen LogP contribution is -2.64. The number of β-lactam (4-membered cyclic amide) rings is 1. The van der Waals surface area contributed by atoms with Crippen LogP contribution in [0.2, 0.25) is 0 Å². The number of thioether (sulfide) groups is 1. The van der Waals surface area contributed by atoms with E-state index in [9.17, 15) is 19.8 Å². The van der Waals surface area contributed by atoms with Crippen LogP contribution in [0.4, 0.5) is 0 Å². The molecule has 3 heterocycles. The minimum absolute atomic E-state index is 0.0348. The molecule has 110 valence electrons. The van der Waals surface area contributed by atoms with E-state index in [0.29, 0.717) is 11.3 Å². The van der Waals surface area contributed by atoms with Crippen LogP contribution >= 0.6 is 23.1 Å². The molecule has 2 N–H and O–H groups in total. The van der Waals surface area contributed by atoms with E-state index < -0.39 is 23.4 Å². The molecule has 0 aromatic carbocycles. The van der Waals surface area contributed by atoms with Gasteiger partial charge in [0.2, 0.25) is 0 Å². The number of carbonyl (C=O) groups excluding carboxylic acids is 1. The molecule has 1 saturated heterocycles. The lowest BCUT2D eigenvalue weighted by molar-refractivity contribution is -0.159. The summed E-state index contributed by atoms with van der Waals surface area (Å²) >= 11 is 2.83. The molecule has 1 aromatic rings. The van der Waals surface area contributed by atoms with Gasteiger partial charge in [0.05, 0.1) is 11.2 Å². The fourth-order valence-corrected chi connectivity index (χ4v) is 4.20. The van der Waals surface area contributed by atoms with E-state index in [1.165, 1.54) is 28.0 Å². The summed E-state index contributed by atoms with van der Waals surface area (Å²) in [6, 6.07) is 0. The number of rotatable bonds is 3. The Morgan fingerprint density at radius 1 is 1.52 bits per heavy atom. The number of hydrogen-bond acceptors (Lipinski definition) is 6. The van der Waals surface area contributed by atoms with Crippen molar-refractivity contribution >= 4 is 41.1 Å². The number of aliphatic hydroxyl groups is 1. The van der Waals surface area contributed by atoms with Gasteiger partial charge in [-0.05, 0) is 18.6 Å². The average molecular weight is 324 g/mol. The summed E-state index contributed by atoms with van der Waals surface area (Å²) < 4.78 is 0. The molecule has 0 saturated carbocycles. The Morgan fingerprint density at radius 2 is 2.29 bits per heavy atom. The molecule has 0 spiro atoms. The second-order valence-electron chi connectivity index (χ2n) is 4.67. The second kappa shape index (κ2) is 5.28. The Bertz CT molecular complexity index is 679. The fourth-order valence-electron chi connectivity index (χ4n) is 2.26. The number of aromatic nitrogens is 1. The van der Waals surface area contributed by atoms with Crippen molar-refractivity contribution in [2.75, 3.05) is 5.75 Å². The van der Waals surface area contributed by atoms with Gasteiger partial charge in [-0.2, -0.15) is 0 Å². The summed E-state index contributed by atoms with van der Waals surface area (Å²) in [7, 11) is 0. The van der Waals surface area contributed by atoms with Crippen LogP contribution in [0, 0.1) is 6.92 Å². The maximum Gasteiger partial charge on any atom is 0.352 e. The van der Waals surface area contributed by atoms with Crippen molar-refractivity contribution < 1.29 is 19.8 Å². The van der Waals surface area contributed by atoms with Crippen LogP contribution in [0.3, 0.4) is 0 Å². The lowest BCUT2D eigenvalue weighted by atomic mass is 10.1. The van der Waals surface area contributed by atoms with Crippen LogP contribution in [0.15, 0.2) is 22.9 Å². The van der Waals surface area contributed by atoms with Crippen LogP contribution in [-0.4, -0.2) is 49.2 Å². The molecule has 1 fully saturated rings. The number of carboxylic acids is 1. The first-order valence-corrected chi connectivity index (χ1v) is 8.11. The molecule has 6 nitrogen and oxygen atoms in total. The number of thiazole rings is 1. The summed E-state index contributed by atoms with van der Waals surface area (Å²) in [4.78, 5) is 29.4. The Hall–Kier alpha value is -1.64. The number of carbonyl (C=O) groups is 2. The van der Waals surface area contributed by atoms with Gasteiger partial charge in [-0.3, -0.25) is 9.69 Å². The lowest BCUT2D eigenvalue weighted by Gasteiger charge is -2.46. The quantitative estimate of drug-likeness (QED) is 0.809. The number of allylic oxidation sites excluding steroid dienone is 1. The van der Waals surface area contributed by atoms with E-state index in [1.54, 1.807) is 11.6 Å². The van der Waals surface area contributed by atoms with E-state index in [2.05, 4.69) is 4.98 Å². The van der Waals surface area contributed by atoms with Crippen molar-refractivity contribution in [1.29, 1.82) is 0 Å². The summed E-state index contributed by atoms with van der Waals surface area (Å²) in [6.45, 7) is 1.88. The number of nitrogens with zero attached hydrogens (tertiary/aromatic N) is 2. The molecule has 1 amide bonds. The minimum Gasteiger partial charge on any atom is -0.477 e. The van der Waals surface area contributed by atoms with Gasteiger partial charge in [0.15, 0.2) is 6.10 Å². The number of aryl methyl sites for hydroxylation is 1. The molecule has 0 radical (unpaired) electrons. The van der Waals surface area contributed by atoms with Crippen LogP contribution in [0.25, 0.3) is 6.08 Å². The SMILES string of the molecule is Cc1ncsc1/C=C\C1=C(C(=O)O)N2C(=O)C(O)[C@H]2SC1. The molecule has 0 aliphatic carbocycles. The highest BCUT2D eigenvalue weighted by Gasteiger charge is 2.52. The van der Waals surface area contributed by atoms with Gasteiger partial charge in [-0.15, -0.1) is 23.1 Å². The molecule has 3 rings (SSSR count). The zero-order valence-electron chi connectivity index (χ0n) is 11.0. The van der Waals surface area contributed by atoms with Crippen LogP contribution in [-0.2, 0) is 9.59 Å². The zero-order chi connectivity index (χ0) is 15.1. The standard InChI is InChI=1S/C13H12N2O4S2/c1-6-8(21-5-14-6)3-2-7-4-20-12-10(16)11(17)15(12)9(7)13(18)19/h2-3,5,10,12,16H,4H2,1H3,(H,18,19)/b3-2-/t10?,12-/m1/s1. The van der Waals surface area contributed by atoms with Gasteiger partial charge in [-0.1, -0.05) is 6.08 Å². The Morgan fingerprint density at radius 3 is 2.90 bits per heavy atom. The topological polar surface area (TPSA) is 90.7 Å². The van der Waals surface area contributed by atoms with Crippen molar-refractivity contribution in [3.8, 4) is 0 Å². The van der Waals surface area contributed by atoms with E-state index in [4.69, 9.17) is 0 Å². The Labute approximate surface area is 128 Å². The monoisotopic (exact) mass is 324 g/mol. The molecule has 8 heteroatoms. The minimum atomic E-state index is -1.15. The maximum atomic E-state index is 11.7. The summed E-state index contributed by atoms with van der Waals surface area (Å²) in [5.41, 5.74) is 3.14. The summed E-state index contributed by atoms with van der Waals surface area (Å²) in [5.74, 6) is -1.26. The van der Waals surface area contributed by atoms with Crippen LogP contribution < -0.4 is 0 Å². The van der Waals surface area contributed by atoms with Gasteiger partial charge >= 0.3 is 5.97 Å². The third kappa shape index (κ3) is 2.29. The zero-order valence-corrected chi connectivity index (χ0v) is 12.6. The number of amides is 1. The smallest absolute Gasteiger partial charge is 0.352 e. The predicted molar refractivity (Wildman–Crippen MR) is 79.6 cm³/mol. The van der Waals surface area contributed by atoms with Crippen molar-refractivity contribution in [1.82, 2.24) is 9.88 Å². The Balaban J connectivity index is 1.95. The molecule has 2 aliphatic rings. The first kappa shape index (κ1) is 14.3. The summed E-state index contributed by atoms with van der Waals surface area (Å²) in [5, 5.41) is 18.4. The fraction of sp³-hybridized carbons (Fsp3) is 0.308. The van der Waals surface area contributed by atoms with Crippen LogP contribution in [0.5, 0.6) is 0 Å². The van der Waals surface area contributed by atoms with Gasteiger partial charge < -0.3 is 10.2 Å². The van der Waals surface area contributed by atoms with Crippen molar-refractivity contribution in [2.45, 2.75) is 18.4 Å². The largest absolute Gasteiger partial charge is 0.477 e. The molecule has 1 aromatic heterocycles. The van der Waals surface area contributed by atoms with Crippen molar-refractivity contribution in [2.24, 2.45) is 0 Å². The Kier molecular flexibility index (Phi) is 3.60. The molecule has 1 unspecified atom stereocenters. The van der Waals surface area contributed by atoms with E-state index in [0.717, 1.165) is 10.6 Å². The second-order valence-corrected chi connectivity index (χ2v) is 6.66. The van der Waals surface area contributed by atoms with Gasteiger partial charge in [0.1, 0.15) is 11.1 Å². The van der Waals surface area contributed by atoms with E-state index in [1.807, 2.05) is 13.0 Å². The molecular weight excluding hydrogens is 312 g/mol. The normalized spacial score (nSPS) is 25.2. The molecule has 21 heavy (non-hydrogen) atoms. The van der Waals surface area contributed by atoms with E-state index >= 15 is 0 Å². The molecule has 2 atom stereocenters. The predicted octanol–water partition coefficient (Wildman–Crippen LogP) is 1.08. The molecule has 2 aliphatic heterocycles. The number of aliphatic carboxylic acids is 1. The number of fused-ring (bicyclic) bond motifs is 1. The summed E-state index contributed by atoms with van der Waals surface area (Å²) in [6.07, 6.45) is 2.43. The number of carboxylic acid groups (broad SMARTS) is 1. The first-order chi connectivity index (χ1) is 10.0. The highest BCUT2D eigenvalue weighted by Crippen LogP contribution is 2.40. The third-order valence-corrected chi connectivity index (χ3v) is 5.57. The highest BCUT2D eigenvalue weighted by atomic mass is 32.2. The molecular formula is C13H12N2O4S2. The van der Waals surface area contributed by atoms with Gasteiger partial charge in [0.25, 0.3) is 5.91 Å².